The highest BCUT2D eigenvalue weighted by Crippen LogP contribution is 2.23. The zero-order valence-corrected chi connectivity index (χ0v) is 20.5. The smallest absolute Gasteiger partial charge is 0.00179 e. The highest BCUT2D eigenvalue weighted by Gasteiger charge is 2.03. The highest BCUT2D eigenvalue weighted by atomic mass is 32.1. The van der Waals surface area contributed by atoms with Gasteiger partial charge in [0.05, 0.1) is 0 Å². The van der Waals surface area contributed by atoms with E-state index in [0.717, 1.165) is 12.8 Å². The molecule has 150 valence electrons. The van der Waals surface area contributed by atoms with Gasteiger partial charge in [-0.25, -0.2) is 0 Å². The maximum Gasteiger partial charge on any atom is -0.00179 e. The average molecular weight is 395 g/mol. The quantitative estimate of drug-likeness (QED) is 0.417. The molecule has 2 aliphatic rings. The van der Waals surface area contributed by atoms with Crippen molar-refractivity contribution >= 4 is 34.8 Å². The first-order chi connectivity index (χ1) is 12.9. The first-order valence-corrected chi connectivity index (χ1v) is 12.3. The molecule has 0 unspecified atom stereocenters. The lowest BCUT2D eigenvalue weighted by molar-refractivity contribution is 1.34. The topological polar surface area (TPSA) is 0 Å². The minimum Gasteiger partial charge on any atom is -0.151 e. The van der Waals surface area contributed by atoms with Crippen molar-refractivity contribution in [1.29, 1.82) is 0 Å². The van der Waals surface area contributed by atoms with Gasteiger partial charge in [0.25, 0.3) is 0 Å². The Kier molecular flexibility index (Phi) is 27.2. The molecule has 26 heavy (non-hydrogen) atoms. The van der Waals surface area contributed by atoms with Crippen molar-refractivity contribution in [2.75, 3.05) is 0 Å². The van der Waals surface area contributed by atoms with E-state index in [9.17, 15) is 0 Å². The van der Waals surface area contributed by atoms with E-state index < -0.39 is 0 Å². The van der Waals surface area contributed by atoms with Gasteiger partial charge in [-0.3, -0.25) is 0 Å². The second kappa shape index (κ2) is 23.9. The summed E-state index contributed by atoms with van der Waals surface area (Å²) in [4.78, 5) is 0. The summed E-state index contributed by atoms with van der Waals surface area (Å²) in [5.41, 5.74) is 5.84. The van der Waals surface area contributed by atoms with Crippen LogP contribution in [0.5, 0.6) is 0 Å². The van der Waals surface area contributed by atoms with Crippen LogP contribution in [-0.2, 0) is 12.8 Å². The van der Waals surface area contributed by atoms with Crippen LogP contribution in [0.15, 0.2) is 33.7 Å². The standard InChI is InChI=1S/2C7H6S.5C2H6/c2*1-2-6-4-8-5-7(6)3-1;5*1-2/h2*1-2,4-5H,3H2;5*1-2H3. The van der Waals surface area contributed by atoms with E-state index in [4.69, 9.17) is 0 Å². The van der Waals surface area contributed by atoms with Gasteiger partial charge in [0.15, 0.2) is 0 Å². The van der Waals surface area contributed by atoms with Crippen LogP contribution in [0.3, 0.4) is 0 Å². The van der Waals surface area contributed by atoms with E-state index in [0.29, 0.717) is 0 Å². The van der Waals surface area contributed by atoms with Crippen LogP contribution in [0.25, 0.3) is 12.2 Å². The van der Waals surface area contributed by atoms with Crippen molar-refractivity contribution in [3.05, 3.63) is 55.9 Å². The lowest BCUT2D eigenvalue weighted by Crippen LogP contribution is -1.67. The van der Waals surface area contributed by atoms with E-state index >= 15 is 0 Å². The second-order valence-corrected chi connectivity index (χ2v) is 5.40. The number of hydrogen-bond acceptors (Lipinski definition) is 2. The maximum atomic E-state index is 2.22. The molecule has 0 spiro atoms. The fourth-order valence-corrected chi connectivity index (χ4v) is 3.60. The normalized spacial score (nSPS) is 10.1. The van der Waals surface area contributed by atoms with E-state index in [1.807, 2.05) is 69.2 Å². The molecule has 2 heteroatoms. The summed E-state index contributed by atoms with van der Waals surface area (Å²) in [6.45, 7) is 20.0. The summed E-state index contributed by atoms with van der Waals surface area (Å²) in [6, 6.07) is 0. The van der Waals surface area contributed by atoms with Crippen molar-refractivity contribution < 1.29 is 0 Å². The van der Waals surface area contributed by atoms with E-state index in [2.05, 4.69) is 45.8 Å². The van der Waals surface area contributed by atoms with Crippen molar-refractivity contribution in [2.45, 2.75) is 82.1 Å². The molecule has 2 aromatic heterocycles. The molecular weight excluding hydrogens is 352 g/mol. The Morgan fingerprint density at radius 2 is 0.808 bits per heavy atom. The van der Waals surface area contributed by atoms with E-state index in [1.54, 1.807) is 22.7 Å². The third-order valence-electron chi connectivity index (χ3n) is 2.82. The molecule has 2 aromatic rings. The first kappa shape index (κ1) is 29.6. The van der Waals surface area contributed by atoms with E-state index in [-0.39, 0.29) is 0 Å². The largest absolute Gasteiger partial charge is 0.151 e. The van der Waals surface area contributed by atoms with Crippen LogP contribution in [0.1, 0.15) is 91.5 Å². The Bertz CT molecular complexity index is 492. The fraction of sp³-hybridized carbons (Fsp3) is 0.500. The Balaban J connectivity index is -0.000000278. The minimum atomic E-state index is 1.15. The molecule has 0 nitrogen and oxygen atoms in total. The predicted octanol–water partition coefficient (Wildman–Crippen LogP) is 9.77. The number of rotatable bonds is 0. The Labute approximate surface area is 172 Å². The number of thiophene rings is 2. The molecule has 0 amide bonds. The Morgan fingerprint density at radius 3 is 1.08 bits per heavy atom. The molecule has 0 aliphatic heterocycles. The Morgan fingerprint density at radius 1 is 0.500 bits per heavy atom. The molecule has 0 N–H and O–H groups in total. The van der Waals surface area contributed by atoms with Crippen molar-refractivity contribution in [3.8, 4) is 0 Å². The minimum absolute atomic E-state index is 1.15. The molecule has 0 saturated heterocycles. The molecule has 2 heterocycles. The predicted molar refractivity (Wildman–Crippen MR) is 131 cm³/mol. The summed E-state index contributed by atoms with van der Waals surface area (Å²) < 4.78 is 0. The Hall–Kier alpha value is -1.12. The first-order valence-electron chi connectivity index (χ1n) is 10.4. The van der Waals surface area contributed by atoms with Crippen LogP contribution in [0.2, 0.25) is 0 Å². The third-order valence-corrected chi connectivity index (χ3v) is 4.44. The van der Waals surface area contributed by atoms with Crippen molar-refractivity contribution in [2.24, 2.45) is 0 Å². The van der Waals surface area contributed by atoms with Gasteiger partial charge < -0.3 is 0 Å². The molecule has 0 bridgehead atoms. The highest BCUT2D eigenvalue weighted by molar-refractivity contribution is 7.08. The number of allylic oxidation sites excluding steroid dienone is 2. The van der Waals surface area contributed by atoms with Crippen LogP contribution in [0, 0.1) is 0 Å². The van der Waals surface area contributed by atoms with Crippen LogP contribution in [-0.4, -0.2) is 0 Å². The monoisotopic (exact) mass is 394 g/mol. The molecule has 0 atom stereocenters. The van der Waals surface area contributed by atoms with Gasteiger partial charge >= 0.3 is 0 Å². The zero-order valence-electron chi connectivity index (χ0n) is 18.8. The molecule has 0 aromatic carbocycles. The van der Waals surface area contributed by atoms with Gasteiger partial charge in [-0.1, -0.05) is 93.5 Å². The molecule has 4 rings (SSSR count). The zero-order chi connectivity index (χ0) is 20.8. The SMILES string of the molecule is C1=Cc2cscc2C1.C1=Cc2cscc2C1.CC.CC.CC.CC.CC. The second-order valence-electron chi connectivity index (χ2n) is 3.92. The van der Waals surface area contributed by atoms with Crippen molar-refractivity contribution in [1.82, 2.24) is 0 Å². The molecule has 0 saturated carbocycles. The van der Waals surface area contributed by atoms with Gasteiger partial charge in [0, 0.05) is 0 Å². The summed E-state index contributed by atoms with van der Waals surface area (Å²) in [6.07, 6.45) is 11.1. The third kappa shape index (κ3) is 11.5. The molecule has 0 radical (unpaired) electrons. The van der Waals surface area contributed by atoms with Gasteiger partial charge in [0.1, 0.15) is 0 Å². The summed E-state index contributed by atoms with van der Waals surface area (Å²) in [7, 11) is 0. The summed E-state index contributed by atoms with van der Waals surface area (Å²) in [5, 5.41) is 8.82. The van der Waals surface area contributed by atoms with Crippen LogP contribution in [0.4, 0.5) is 0 Å². The van der Waals surface area contributed by atoms with E-state index in [1.165, 1.54) is 22.3 Å². The average Bonchev–Trinajstić information content (AvgIpc) is 3.51. The van der Waals surface area contributed by atoms with Gasteiger partial charge in [-0.15, -0.1) is 0 Å². The summed E-state index contributed by atoms with van der Waals surface area (Å²) in [5.74, 6) is 0. The number of hydrogen-bond donors (Lipinski definition) is 0. The lowest BCUT2D eigenvalue weighted by Gasteiger charge is -1.80. The van der Waals surface area contributed by atoms with Crippen molar-refractivity contribution in [3.63, 3.8) is 0 Å². The van der Waals surface area contributed by atoms with Crippen LogP contribution >= 0.6 is 22.7 Å². The fourth-order valence-electron chi connectivity index (χ4n) is 1.92. The maximum absolute atomic E-state index is 2.22. The molecular formula is C24H42S2. The van der Waals surface area contributed by atoms with Crippen LogP contribution < -0.4 is 0 Å². The van der Waals surface area contributed by atoms with Gasteiger partial charge in [-0.05, 0) is 56.6 Å². The lowest BCUT2D eigenvalue weighted by atomic mass is 10.2. The molecule has 0 fully saturated rings. The van der Waals surface area contributed by atoms with Gasteiger partial charge in [0.2, 0.25) is 0 Å². The molecule has 2 aliphatic carbocycles. The van der Waals surface area contributed by atoms with Gasteiger partial charge in [-0.2, -0.15) is 22.7 Å². The summed E-state index contributed by atoms with van der Waals surface area (Å²) >= 11 is 3.58. The number of fused-ring (bicyclic) bond motifs is 2.